The maximum absolute atomic E-state index is 15.2. The molecule has 6 aliphatic carbocycles. The minimum atomic E-state index is -0.968. The van der Waals surface area contributed by atoms with Crippen LogP contribution in [-0.4, -0.2) is 133 Å². The van der Waals surface area contributed by atoms with Gasteiger partial charge in [0.05, 0.1) is 35.0 Å². The molecule has 80 heavy (non-hydrogen) atoms. The van der Waals surface area contributed by atoms with Crippen molar-refractivity contribution in [2.24, 2.45) is 33.5 Å². The second-order valence-electron chi connectivity index (χ2n) is 27.3. The molecule has 18 heteroatoms. The molecule has 18 nitrogen and oxygen atoms in total. The minimum absolute atomic E-state index is 0.0652. The Morgan fingerprint density at radius 2 is 0.912 bits per heavy atom. The van der Waals surface area contributed by atoms with E-state index in [9.17, 15) is 28.8 Å². The average Bonchev–Trinajstić information content (AvgIpc) is 4.19. The van der Waals surface area contributed by atoms with Crippen molar-refractivity contribution in [3.63, 3.8) is 0 Å². The van der Waals surface area contributed by atoms with Crippen LogP contribution >= 0.6 is 0 Å². The minimum Gasteiger partial charge on any atom is -0.351 e. The van der Waals surface area contributed by atoms with E-state index in [-0.39, 0.29) is 85.3 Å². The molecule has 8 N–H and O–H groups in total. The lowest BCUT2D eigenvalue weighted by Crippen LogP contribution is -2.63. The number of nitrogens with zero attached hydrogens (tertiary/aromatic N) is 2. The molecule has 2 aliphatic heterocycles. The maximum atomic E-state index is 15.2. The van der Waals surface area contributed by atoms with Gasteiger partial charge in [0.25, 0.3) is 0 Å². The molecular weight excluding hydrogens is 1010 g/mol. The number of hydrogen-bond acceptors (Lipinski definition) is 10. The lowest BCUT2D eigenvalue weighted by molar-refractivity contribution is -0.168. The number of likely N-dealkylation sites (tertiary alicyclic amines) is 2. The van der Waals surface area contributed by atoms with Gasteiger partial charge in [0.1, 0.15) is 24.2 Å². The Balaban J connectivity index is 0.940. The third kappa shape index (κ3) is 12.0. The van der Waals surface area contributed by atoms with Crippen molar-refractivity contribution in [1.29, 1.82) is 0 Å². The Labute approximate surface area is 473 Å². The number of likely N-dealkylation sites (N-methyl/N-ethyl adjacent to an activating group) is 2. The predicted molar refractivity (Wildman–Crippen MR) is 304 cm³/mol. The number of benzene rings is 2. The Morgan fingerprint density at radius 1 is 0.537 bits per heavy atom. The zero-order valence-electron chi connectivity index (χ0n) is 49.0. The summed E-state index contributed by atoms with van der Waals surface area (Å²) in [6.45, 7) is 14.9. The fourth-order valence-electron chi connectivity index (χ4n) is 15.1. The Morgan fingerprint density at radius 3 is 1.27 bits per heavy atom. The standard InChI is InChI=1S/C62H90N10O8/c1-35(63-9)51(73)69-49(59(3,4)5)55(77)71-32-41(26-47(71)53(75)67-45-23-15-19-39-17-11-13-21-43(39)45)65-57(79)61-28-37-25-38(29-61)31-62(30-37,34-61)58(80)66-42-27-48(54(76)68-46-24-16-20-40-18-12-14-22-44(40)46)72(33-42)56(78)50(60(6,7)8)70-52(74)36(2)64-10/h11-14,17-18,21-22,35-38,41-42,45-50,63-64H,15-16,19-20,23-34H2,1-10H3,(H,65,79)(H,66,80)(H,67,75)(H,68,76)(H,69,73)(H,70,74)/t35-,36-,37?,38?,41-,42-,45+,46+,47-,48-,49+,50+,61?,62?/m0/s1. The van der Waals surface area contributed by atoms with E-state index in [1.54, 1.807) is 37.7 Å². The zero-order chi connectivity index (χ0) is 57.6. The van der Waals surface area contributed by atoms with Gasteiger partial charge >= 0.3 is 0 Å². The molecule has 2 aromatic rings. The van der Waals surface area contributed by atoms with Crippen molar-refractivity contribution in [2.45, 2.75) is 206 Å². The molecular formula is C62H90N10O8. The van der Waals surface area contributed by atoms with Gasteiger partial charge in [-0.1, -0.05) is 90.1 Å². The van der Waals surface area contributed by atoms with Gasteiger partial charge in [-0.15, -0.1) is 0 Å². The van der Waals surface area contributed by atoms with E-state index in [1.807, 2.05) is 77.9 Å². The SMILES string of the molecule is CN[C@@H](C)C(=O)N[C@H](C(=O)N1C[C@@H](NC(=O)C23CC4CC(C2)CC(C(=O)N[C@H]2C[C@@H](C(=O)N[C@@H]5CCCc6ccccc65)N(C(=O)[C@@H](NC(=O)[C@H](C)NC)C(C)(C)C)C2)(C4)C3)C[C@H]1C(=O)N[C@@H]1CCCc2ccccc21)C(C)(C)C. The van der Waals surface area contributed by atoms with Gasteiger partial charge < -0.3 is 52.3 Å². The van der Waals surface area contributed by atoms with Crippen LogP contribution in [0.25, 0.3) is 0 Å². The topological polar surface area (TPSA) is 239 Å². The molecule has 10 rings (SSSR count). The second-order valence-corrected chi connectivity index (χ2v) is 27.3. The molecule has 6 fully saturated rings. The molecule has 0 aromatic heterocycles. The summed E-state index contributed by atoms with van der Waals surface area (Å²) in [6, 6.07) is 9.65. The third-order valence-corrected chi connectivity index (χ3v) is 19.3. The van der Waals surface area contributed by atoms with E-state index in [0.717, 1.165) is 56.1 Å². The number of fused-ring (bicyclic) bond motifs is 2. The molecule has 8 amide bonds. The van der Waals surface area contributed by atoms with Crippen LogP contribution in [0, 0.1) is 33.5 Å². The van der Waals surface area contributed by atoms with Gasteiger partial charge in [0.2, 0.25) is 47.3 Å². The highest BCUT2D eigenvalue weighted by molar-refractivity contribution is 5.96. The monoisotopic (exact) mass is 1100 g/mol. The number of aryl methyl sites for hydroxylation is 2. The van der Waals surface area contributed by atoms with Crippen LogP contribution in [-0.2, 0) is 51.2 Å². The molecule has 0 spiro atoms. The highest BCUT2D eigenvalue weighted by Crippen LogP contribution is 2.65. The first-order valence-corrected chi connectivity index (χ1v) is 29.8. The smallest absolute Gasteiger partial charge is 0.246 e. The number of amides is 8. The fourth-order valence-corrected chi connectivity index (χ4v) is 15.1. The van der Waals surface area contributed by atoms with Crippen LogP contribution in [0.2, 0.25) is 0 Å². The van der Waals surface area contributed by atoms with E-state index in [2.05, 4.69) is 54.7 Å². The third-order valence-electron chi connectivity index (χ3n) is 19.3. The van der Waals surface area contributed by atoms with Crippen molar-refractivity contribution >= 4 is 47.3 Å². The van der Waals surface area contributed by atoms with Gasteiger partial charge in [-0.25, -0.2) is 0 Å². The van der Waals surface area contributed by atoms with Gasteiger partial charge in [-0.05, 0) is 163 Å². The van der Waals surface area contributed by atoms with E-state index in [0.29, 0.717) is 32.1 Å². The van der Waals surface area contributed by atoms with Gasteiger partial charge in [0, 0.05) is 25.2 Å². The number of carbonyl (C=O) groups excluding carboxylic acids is 8. The molecule has 2 saturated heterocycles. The first-order valence-electron chi connectivity index (χ1n) is 29.8. The summed E-state index contributed by atoms with van der Waals surface area (Å²) in [5.41, 5.74) is 1.31. The Hall–Kier alpha value is -5.88. The van der Waals surface area contributed by atoms with E-state index < -0.39 is 81.8 Å². The van der Waals surface area contributed by atoms with E-state index >= 15 is 9.59 Å². The summed E-state index contributed by atoms with van der Waals surface area (Å²) in [5, 5.41) is 25.2. The Kier molecular flexibility index (Phi) is 17.0. The summed E-state index contributed by atoms with van der Waals surface area (Å²) in [5.74, 6) is -2.19. The molecule has 2 heterocycles. The molecule has 4 bridgehead atoms. The van der Waals surface area contributed by atoms with Crippen molar-refractivity contribution in [1.82, 2.24) is 52.3 Å². The van der Waals surface area contributed by atoms with Crippen LogP contribution in [0.3, 0.4) is 0 Å². The van der Waals surface area contributed by atoms with Crippen LogP contribution in [0.5, 0.6) is 0 Å². The summed E-state index contributed by atoms with van der Waals surface area (Å²) < 4.78 is 0. The van der Waals surface area contributed by atoms with E-state index in [1.165, 1.54) is 11.1 Å². The van der Waals surface area contributed by atoms with Crippen molar-refractivity contribution < 1.29 is 38.4 Å². The number of carbonyl (C=O) groups is 8. The van der Waals surface area contributed by atoms with Crippen LogP contribution in [0.15, 0.2) is 48.5 Å². The molecule has 0 radical (unpaired) electrons. The molecule has 0 unspecified atom stereocenters. The van der Waals surface area contributed by atoms with Gasteiger partial charge in [-0.3, -0.25) is 38.4 Å². The summed E-state index contributed by atoms with van der Waals surface area (Å²) in [4.78, 5) is 120. The quantitative estimate of drug-likeness (QED) is 0.118. The number of nitrogens with one attached hydrogen (secondary N) is 8. The predicted octanol–water partition coefficient (Wildman–Crippen LogP) is 4.41. The molecule has 8 aliphatic rings. The largest absolute Gasteiger partial charge is 0.351 e. The Bertz CT molecular complexity index is 2520. The number of rotatable bonds is 16. The van der Waals surface area contributed by atoms with Crippen molar-refractivity contribution in [3.8, 4) is 0 Å². The lowest BCUT2D eigenvalue weighted by Gasteiger charge is -2.60. The average molecular weight is 1100 g/mol. The van der Waals surface area contributed by atoms with Crippen LogP contribution < -0.4 is 42.5 Å². The summed E-state index contributed by atoms with van der Waals surface area (Å²) in [6.07, 6.45) is 9.24. The van der Waals surface area contributed by atoms with Gasteiger partial charge in [-0.2, -0.15) is 0 Å². The zero-order valence-corrected chi connectivity index (χ0v) is 49.0. The summed E-state index contributed by atoms with van der Waals surface area (Å²) >= 11 is 0. The van der Waals surface area contributed by atoms with Gasteiger partial charge in [0.15, 0.2) is 0 Å². The molecule has 4 saturated carbocycles. The van der Waals surface area contributed by atoms with Crippen LogP contribution in [0.4, 0.5) is 0 Å². The molecule has 10 atom stereocenters. The summed E-state index contributed by atoms with van der Waals surface area (Å²) in [7, 11) is 3.35. The highest BCUT2D eigenvalue weighted by atomic mass is 16.2. The van der Waals surface area contributed by atoms with Crippen LogP contribution in [0.1, 0.15) is 167 Å². The normalized spacial score (nSPS) is 30.2. The second kappa shape index (κ2) is 23.2. The first kappa shape index (κ1) is 58.8. The lowest BCUT2D eigenvalue weighted by atomic mass is 9.43. The van der Waals surface area contributed by atoms with Crippen molar-refractivity contribution in [2.75, 3.05) is 27.2 Å². The van der Waals surface area contributed by atoms with Crippen molar-refractivity contribution in [3.05, 3.63) is 70.8 Å². The molecule has 2 aromatic carbocycles. The first-order chi connectivity index (χ1) is 37.8. The highest BCUT2D eigenvalue weighted by Gasteiger charge is 2.64. The fraction of sp³-hybridized carbons (Fsp3) is 0.677. The molecule has 436 valence electrons. The number of hydrogen-bond donors (Lipinski definition) is 8. The maximum Gasteiger partial charge on any atom is 0.246 e. The van der Waals surface area contributed by atoms with E-state index in [4.69, 9.17) is 0 Å².